The zero-order valence-electron chi connectivity index (χ0n) is 8.01. The van der Waals surface area contributed by atoms with E-state index in [2.05, 4.69) is 31.0 Å². The molecule has 70 valence electrons. The van der Waals surface area contributed by atoms with E-state index in [9.17, 15) is 0 Å². The Hall–Kier alpha value is -1.28. The molecule has 0 aromatic heterocycles. The lowest BCUT2D eigenvalue weighted by Crippen LogP contribution is -2.09. The Morgan fingerprint density at radius 3 is 2.46 bits per heavy atom. The summed E-state index contributed by atoms with van der Waals surface area (Å²) in [5, 5.41) is 3.12. The number of nitrogens with one attached hydrogen (secondary N) is 1. The normalized spacial score (nSPS) is 9.69. The molecule has 1 rings (SSSR count). The second-order valence-corrected chi connectivity index (χ2v) is 2.98. The van der Waals surface area contributed by atoms with E-state index >= 15 is 0 Å². The fourth-order valence-corrected chi connectivity index (χ4v) is 1.08. The summed E-state index contributed by atoms with van der Waals surface area (Å²) in [7, 11) is 0. The predicted molar refractivity (Wildman–Crippen MR) is 57.6 cm³/mol. The van der Waals surface area contributed by atoms with Crippen LogP contribution in [0.25, 0.3) is 0 Å². The quantitative estimate of drug-likeness (QED) is 0.737. The van der Waals surface area contributed by atoms with Crippen molar-refractivity contribution in [1.82, 2.24) is 0 Å². The van der Waals surface area contributed by atoms with Gasteiger partial charge in [-0.05, 0) is 24.1 Å². The minimum absolute atomic E-state index is 0.468. The summed E-state index contributed by atoms with van der Waals surface area (Å²) in [6.45, 7) is 6.38. The van der Waals surface area contributed by atoms with Gasteiger partial charge in [-0.1, -0.05) is 25.6 Å². The first kappa shape index (κ1) is 9.81. The Morgan fingerprint density at radius 2 is 2.00 bits per heavy atom. The summed E-state index contributed by atoms with van der Waals surface area (Å²) in [6, 6.07) is 8.29. The summed E-state index contributed by atoms with van der Waals surface area (Å²) in [4.78, 5) is 0. The third kappa shape index (κ3) is 2.92. The number of benzene rings is 1. The van der Waals surface area contributed by atoms with Crippen LogP contribution in [-0.2, 0) is 6.42 Å². The minimum Gasteiger partial charge on any atom is -0.358 e. The van der Waals surface area contributed by atoms with Gasteiger partial charge >= 0.3 is 0 Å². The van der Waals surface area contributed by atoms with Crippen molar-refractivity contribution in [3.63, 3.8) is 0 Å². The Morgan fingerprint density at radius 1 is 1.38 bits per heavy atom. The van der Waals surface area contributed by atoms with Crippen molar-refractivity contribution in [3.05, 3.63) is 42.1 Å². The molecule has 0 spiro atoms. The maximum Gasteiger partial charge on any atom is 0.0382 e. The van der Waals surface area contributed by atoms with E-state index in [4.69, 9.17) is 5.73 Å². The molecule has 0 amide bonds. The second kappa shape index (κ2) is 4.67. The molecular weight excluding hydrogens is 160 g/mol. The van der Waals surface area contributed by atoms with E-state index in [0.717, 1.165) is 17.8 Å². The Bertz CT molecular complexity index is 275. The summed E-state index contributed by atoms with van der Waals surface area (Å²) in [5.41, 5.74) is 8.64. The van der Waals surface area contributed by atoms with E-state index in [1.165, 1.54) is 5.56 Å². The molecule has 2 nitrogen and oxygen atoms in total. The summed E-state index contributed by atoms with van der Waals surface area (Å²) >= 11 is 0. The molecular formula is C11H16N2. The lowest BCUT2D eigenvalue weighted by molar-refractivity contribution is 1.13. The standard InChI is InChI=1S/C11H16N2/c1-3-10-4-6-11(7-5-10)13-9(2)8-12/h4-7,13H,2-3,8,12H2,1H3. The lowest BCUT2D eigenvalue weighted by Gasteiger charge is -2.07. The largest absolute Gasteiger partial charge is 0.358 e. The molecule has 0 unspecified atom stereocenters. The van der Waals surface area contributed by atoms with Crippen molar-refractivity contribution < 1.29 is 0 Å². The topological polar surface area (TPSA) is 38.0 Å². The van der Waals surface area contributed by atoms with Crippen LogP contribution in [0.1, 0.15) is 12.5 Å². The van der Waals surface area contributed by atoms with Crippen LogP contribution in [0.15, 0.2) is 36.5 Å². The van der Waals surface area contributed by atoms with Crippen LogP contribution in [0.2, 0.25) is 0 Å². The molecule has 1 aromatic carbocycles. The van der Waals surface area contributed by atoms with Crippen molar-refractivity contribution in [3.8, 4) is 0 Å². The molecule has 0 aliphatic rings. The highest BCUT2D eigenvalue weighted by molar-refractivity contribution is 5.48. The SMILES string of the molecule is C=C(CN)Nc1ccc(CC)cc1. The van der Waals surface area contributed by atoms with Gasteiger partial charge in [-0.2, -0.15) is 0 Å². The Balaban J connectivity index is 2.64. The molecule has 0 fully saturated rings. The molecule has 1 aromatic rings. The van der Waals surface area contributed by atoms with Gasteiger partial charge in [0.2, 0.25) is 0 Å². The number of nitrogens with two attached hydrogens (primary N) is 1. The van der Waals surface area contributed by atoms with Crippen LogP contribution >= 0.6 is 0 Å². The zero-order chi connectivity index (χ0) is 9.68. The fourth-order valence-electron chi connectivity index (χ4n) is 1.08. The van der Waals surface area contributed by atoms with Crippen molar-refractivity contribution in [2.24, 2.45) is 5.73 Å². The molecule has 0 aliphatic carbocycles. The second-order valence-electron chi connectivity index (χ2n) is 2.98. The molecule has 0 heterocycles. The molecule has 13 heavy (non-hydrogen) atoms. The van der Waals surface area contributed by atoms with Gasteiger partial charge < -0.3 is 11.1 Å². The van der Waals surface area contributed by atoms with Crippen LogP contribution in [-0.4, -0.2) is 6.54 Å². The lowest BCUT2D eigenvalue weighted by atomic mass is 10.1. The third-order valence-electron chi connectivity index (χ3n) is 1.93. The molecule has 3 N–H and O–H groups in total. The maximum atomic E-state index is 5.41. The van der Waals surface area contributed by atoms with Crippen LogP contribution in [0, 0.1) is 0 Å². The average Bonchev–Trinajstić information content (AvgIpc) is 2.19. The van der Waals surface area contributed by atoms with Crippen LogP contribution in [0.3, 0.4) is 0 Å². The molecule has 0 bridgehead atoms. The van der Waals surface area contributed by atoms with Crippen molar-refractivity contribution in [2.75, 3.05) is 11.9 Å². The highest BCUT2D eigenvalue weighted by Crippen LogP contribution is 2.11. The van der Waals surface area contributed by atoms with Gasteiger partial charge in [0.25, 0.3) is 0 Å². The highest BCUT2D eigenvalue weighted by atomic mass is 14.9. The molecule has 0 saturated carbocycles. The van der Waals surface area contributed by atoms with Crippen molar-refractivity contribution >= 4 is 5.69 Å². The molecule has 0 radical (unpaired) electrons. The first-order chi connectivity index (χ1) is 6.26. The van der Waals surface area contributed by atoms with Gasteiger partial charge in [0, 0.05) is 17.9 Å². The number of hydrogen-bond donors (Lipinski definition) is 2. The van der Waals surface area contributed by atoms with Crippen LogP contribution in [0.4, 0.5) is 5.69 Å². The molecule has 0 saturated heterocycles. The average molecular weight is 176 g/mol. The summed E-state index contributed by atoms with van der Waals surface area (Å²) in [6.07, 6.45) is 1.07. The first-order valence-corrected chi connectivity index (χ1v) is 4.50. The van der Waals surface area contributed by atoms with Gasteiger partial charge in [-0.15, -0.1) is 0 Å². The Kier molecular flexibility index (Phi) is 3.53. The van der Waals surface area contributed by atoms with E-state index in [0.29, 0.717) is 6.54 Å². The van der Waals surface area contributed by atoms with Crippen LogP contribution < -0.4 is 11.1 Å². The molecule has 0 aliphatic heterocycles. The van der Waals surface area contributed by atoms with Crippen molar-refractivity contribution in [1.29, 1.82) is 0 Å². The first-order valence-electron chi connectivity index (χ1n) is 4.50. The smallest absolute Gasteiger partial charge is 0.0382 e. The van der Waals surface area contributed by atoms with Gasteiger partial charge in [0.15, 0.2) is 0 Å². The van der Waals surface area contributed by atoms with E-state index in [-0.39, 0.29) is 0 Å². The van der Waals surface area contributed by atoms with E-state index < -0.39 is 0 Å². The number of hydrogen-bond acceptors (Lipinski definition) is 2. The summed E-state index contributed by atoms with van der Waals surface area (Å²) in [5.74, 6) is 0. The van der Waals surface area contributed by atoms with Crippen LogP contribution in [0.5, 0.6) is 0 Å². The highest BCUT2D eigenvalue weighted by Gasteiger charge is 1.93. The van der Waals surface area contributed by atoms with Gasteiger partial charge in [-0.25, -0.2) is 0 Å². The third-order valence-corrected chi connectivity index (χ3v) is 1.93. The monoisotopic (exact) mass is 176 g/mol. The van der Waals surface area contributed by atoms with Gasteiger partial charge in [-0.3, -0.25) is 0 Å². The fraction of sp³-hybridized carbons (Fsp3) is 0.273. The molecule has 2 heteroatoms. The number of anilines is 1. The van der Waals surface area contributed by atoms with E-state index in [1.807, 2.05) is 12.1 Å². The molecule has 0 atom stereocenters. The van der Waals surface area contributed by atoms with Crippen molar-refractivity contribution in [2.45, 2.75) is 13.3 Å². The van der Waals surface area contributed by atoms with E-state index in [1.54, 1.807) is 0 Å². The van der Waals surface area contributed by atoms with Gasteiger partial charge in [0.05, 0.1) is 0 Å². The number of aryl methyl sites for hydroxylation is 1. The summed E-state index contributed by atoms with van der Waals surface area (Å²) < 4.78 is 0. The Labute approximate surface area is 79.5 Å². The maximum absolute atomic E-state index is 5.41. The number of rotatable bonds is 4. The zero-order valence-corrected chi connectivity index (χ0v) is 8.01. The minimum atomic E-state index is 0.468. The predicted octanol–water partition coefficient (Wildman–Crippen LogP) is 2.13. The van der Waals surface area contributed by atoms with Gasteiger partial charge in [0.1, 0.15) is 0 Å².